The lowest BCUT2D eigenvalue weighted by atomic mass is 10.2. The summed E-state index contributed by atoms with van der Waals surface area (Å²) >= 11 is 6.41. The van der Waals surface area contributed by atoms with Crippen molar-refractivity contribution in [1.29, 1.82) is 0 Å². The summed E-state index contributed by atoms with van der Waals surface area (Å²) in [6.45, 7) is 6.65. The van der Waals surface area contributed by atoms with Gasteiger partial charge in [0.15, 0.2) is 5.82 Å². The average Bonchev–Trinajstić information content (AvgIpc) is 2.91. The molecule has 106 valence electrons. The number of rotatable bonds is 2. The Bertz CT molecular complexity index is 685. The van der Waals surface area contributed by atoms with E-state index in [0.29, 0.717) is 29.5 Å². The SMILES string of the molecule is Cc1cnn(C(C)C)c1-c1nn2c(c1Cl)NC(=O)CC2. The largest absolute Gasteiger partial charge is 0.310 e. The molecule has 1 N–H and O–H groups in total. The molecule has 0 unspecified atom stereocenters. The highest BCUT2D eigenvalue weighted by atomic mass is 35.5. The first-order valence-electron chi connectivity index (χ1n) is 6.59. The molecule has 2 aromatic heterocycles. The molecule has 0 fully saturated rings. The monoisotopic (exact) mass is 293 g/mol. The summed E-state index contributed by atoms with van der Waals surface area (Å²) in [6.07, 6.45) is 2.23. The third-order valence-corrected chi connectivity index (χ3v) is 3.75. The molecule has 0 radical (unpaired) electrons. The molecule has 3 rings (SSSR count). The number of anilines is 1. The van der Waals surface area contributed by atoms with Gasteiger partial charge >= 0.3 is 0 Å². The molecule has 2 aromatic rings. The molecule has 20 heavy (non-hydrogen) atoms. The molecular formula is C13H16ClN5O. The minimum atomic E-state index is -0.0278. The van der Waals surface area contributed by atoms with E-state index in [0.717, 1.165) is 11.3 Å². The van der Waals surface area contributed by atoms with Crippen LogP contribution in [0.5, 0.6) is 0 Å². The van der Waals surface area contributed by atoms with E-state index in [2.05, 4.69) is 29.4 Å². The van der Waals surface area contributed by atoms with Crippen LogP contribution in [-0.2, 0) is 11.3 Å². The van der Waals surface area contributed by atoms with Crippen molar-refractivity contribution >= 4 is 23.3 Å². The van der Waals surface area contributed by atoms with Crippen molar-refractivity contribution in [2.75, 3.05) is 5.32 Å². The van der Waals surface area contributed by atoms with Crippen molar-refractivity contribution in [2.45, 2.75) is 39.8 Å². The van der Waals surface area contributed by atoms with Crippen molar-refractivity contribution in [3.63, 3.8) is 0 Å². The number of nitrogens with one attached hydrogen (secondary N) is 1. The zero-order chi connectivity index (χ0) is 14.4. The van der Waals surface area contributed by atoms with E-state index in [1.54, 1.807) is 4.68 Å². The van der Waals surface area contributed by atoms with Crippen LogP contribution in [0.25, 0.3) is 11.4 Å². The van der Waals surface area contributed by atoms with Gasteiger partial charge in [0.2, 0.25) is 5.91 Å². The fraction of sp³-hybridized carbons (Fsp3) is 0.462. The van der Waals surface area contributed by atoms with E-state index in [1.807, 2.05) is 17.8 Å². The standard InChI is InChI=1S/C13H16ClN5O/c1-7(2)19-12(8(3)6-15-19)11-10(14)13-16-9(20)4-5-18(13)17-11/h6-7H,4-5H2,1-3H3,(H,16,20). The summed E-state index contributed by atoms with van der Waals surface area (Å²) in [5, 5.41) is 12.2. The minimum Gasteiger partial charge on any atom is -0.310 e. The first-order valence-corrected chi connectivity index (χ1v) is 6.97. The maximum atomic E-state index is 11.5. The second-order valence-corrected chi connectivity index (χ2v) is 5.62. The number of hydrogen-bond donors (Lipinski definition) is 1. The second-order valence-electron chi connectivity index (χ2n) is 5.25. The molecule has 0 aliphatic carbocycles. The van der Waals surface area contributed by atoms with Gasteiger partial charge in [0, 0.05) is 12.5 Å². The van der Waals surface area contributed by atoms with Gasteiger partial charge in [-0.25, -0.2) is 4.68 Å². The van der Waals surface area contributed by atoms with Crippen LogP contribution in [0.2, 0.25) is 5.02 Å². The van der Waals surface area contributed by atoms with Crippen LogP contribution < -0.4 is 5.32 Å². The lowest BCUT2D eigenvalue weighted by molar-refractivity contribution is -0.116. The highest BCUT2D eigenvalue weighted by molar-refractivity contribution is 6.36. The van der Waals surface area contributed by atoms with E-state index in [9.17, 15) is 4.79 Å². The molecule has 7 heteroatoms. The highest BCUT2D eigenvalue weighted by Crippen LogP contribution is 2.37. The Labute approximate surface area is 121 Å². The number of amides is 1. The van der Waals surface area contributed by atoms with E-state index in [-0.39, 0.29) is 11.9 Å². The van der Waals surface area contributed by atoms with Crippen LogP contribution in [0.15, 0.2) is 6.20 Å². The van der Waals surface area contributed by atoms with Gasteiger partial charge in [0.25, 0.3) is 0 Å². The van der Waals surface area contributed by atoms with Crippen LogP contribution in [-0.4, -0.2) is 25.5 Å². The van der Waals surface area contributed by atoms with Gasteiger partial charge in [-0.05, 0) is 26.3 Å². The number of fused-ring (bicyclic) bond motifs is 1. The van der Waals surface area contributed by atoms with Gasteiger partial charge in [-0.15, -0.1) is 0 Å². The van der Waals surface area contributed by atoms with Gasteiger partial charge < -0.3 is 5.32 Å². The van der Waals surface area contributed by atoms with Gasteiger partial charge in [0.1, 0.15) is 10.7 Å². The number of carbonyl (C=O) groups excluding carboxylic acids is 1. The number of aryl methyl sites for hydroxylation is 2. The highest BCUT2D eigenvalue weighted by Gasteiger charge is 2.26. The summed E-state index contributed by atoms with van der Waals surface area (Å²) in [6, 6.07) is 0.211. The molecule has 0 spiro atoms. The average molecular weight is 294 g/mol. The van der Waals surface area contributed by atoms with Crippen LogP contribution in [0.4, 0.5) is 5.82 Å². The van der Waals surface area contributed by atoms with E-state index in [4.69, 9.17) is 11.6 Å². The molecule has 3 heterocycles. The van der Waals surface area contributed by atoms with E-state index in [1.165, 1.54) is 0 Å². The summed E-state index contributed by atoms with van der Waals surface area (Å²) in [7, 11) is 0. The van der Waals surface area contributed by atoms with Gasteiger partial charge in [0.05, 0.1) is 18.4 Å². The van der Waals surface area contributed by atoms with Gasteiger partial charge in [-0.1, -0.05) is 11.6 Å². The molecule has 1 aliphatic rings. The number of halogens is 1. The van der Waals surface area contributed by atoms with Crippen LogP contribution in [0.1, 0.15) is 31.9 Å². The predicted molar refractivity (Wildman–Crippen MR) is 76.8 cm³/mol. The quantitative estimate of drug-likeness (QED) is 0.926. The molecule has 0 saturated carbocycles. The summed E-state index contributed by atoms with van der Waals surface area (Å²) in [4.78, 5) is 11.5. The van der Waals surface area contributed by atoms with E-state index < -0.39 is 0 Å². The van der Waals surface area contributed by atoms with Crippen molar-refractivity contribution in [1.82, 2.24) is 19.6 Å². The second kappa shape index (κ2) is 4.63. The van der Waals surface area contributed by atoms with Crippen molar-refractivity contribution < 1.29 is 4.79 Å². The summed E-state index contributed by atoms with van der Waals surface area (Å²) in [5.41, 5.74) is 2.59. The van der Waals surface area contributed by atoms with Crippen molar-refractivity contribution in [2.24, 2.45) is 0 Å². The Morgan fingerprint density at radius 3 is 2.90 bits per heavy atom. The van der Waals surface area contributed by atoms with Gasteiger partial charge in [-0.3, -0.25) is 9.48 Å². The fourth-order valence-corrected chi connectivity index (χ4v) is 2.68. The Hall–Kier alpha value is -1.82. The fourth-order valence-electron chi connectivity index (χ4n) is 2.41. The molecule has 6 nitrogen and oxygen atoms in total. The lowest BCUT2D eigenvalue weighted by Crippen LogP contribution is -2.23. The maximum absolute atomic E-state index is 11.5. The molecular weight excluding hydrogens is 278 g/mol. The first kappa shape index (κ1) is 13.2. The molecule has 0 bridgehead atoms. The minimum absolute atomic E-state index is 0.0278. The Morgan fingerprint density at radius 2 is 2.20 bits per heavy atom. The van der Waals surface area contributed by atoms with E-state index >= 15 is 0 Å². The van der Waals surface area contributed by atoms with Crippen molar-refractivity contribution in [3.8, 4) is 11.4 Å². The molecule has 0 atom stereocenters. The lowest BCUT2D eigenvalue weighted by Gasteiger charge is -2.13. The third-order valence-electron chi connectivity index (χ3n) is 3.39. The maximum Gasteiger partial charge on any atom is 0.227 e. The smallest absolute Gasteiger partial charge is 0.227 e. The third kappa shape index (κ3) is 1.91. The predicted octanol–water partition coefficient (Wildman–Crippen LogP) is 2.63. The van der Waals surface area contributed by atoms with Crippen LogP contribution >= 0.6 is 11.6 Å². The van der Waals surface area contributed by atoms with Crippen LogP contribution in [0, 0.1) is 6.92 Å². The Balaban J connectivity index is 2.17. The zero-order valence-corrected chi connectivity index (χ0v) is 12.4. The van der Waals surface area contributed by atoms with Gasteiger partial charge in [-0.2, -0.15) is 10.2 Å². The topological polar surface area (TPSA) is 64.7 Å². The summed E-state index contributed by atoms with van der Waals surface area (Å²) in [5.74, 6) is 0.550. The number of carbonyl (C=O) groups is 1. The Kier molecular flexibility index (Phi) is 3.05. The first-order chi connectivity index (χ1) is 9.49. The molecule has 1 amide bonds. The normalized spacial score (nSPS) is 14.6. The Morgan fingerprint density at radius 1 is 1.45 bits per heavy atom. The molecule has 1 aliphatic heterocycles. The van der Waals surface area contributed by atoms with Crippen LogP contribution in [0.3, 0.4) is 0 Å². The summed E-state index contributed by atoms with van der Waals surface area (Å²) < 4.78 is 3.65. The zero-order valence-electron chi connectivity index (χ0n) is 11.6. The number of nitrogens with zero attached hydrogens (tertiary/aromatic N) is 4. The molecule has 0 saturated heterocycles. The number of hydrogen-bond acceptors (Lipinski definition) is 3. The number of aromatic nitrogens is 4. The van der Waals surface area contributed by atoms with Crippen molar-refractivity contribution in [3.05, 3.63) is 16.8 Å². The molecule has 0 aromatic carbocycles.